The number of sulfonamides is 1. The van der Waals surface area contributed by atoms with Crippen LogP contribution in [0.2, 0.25) is 0 Å². The molecule has 1 aromatic heterocycles. The predicted molar refractivity (Wildman–Crippen MR) is 73.4 cm³/mol. The number of carboxylic acid groups (broad SMARTS) is 1. The van der Waals surface area contributed by atoms with E-state index in [9.17, 15) is 18.0 Å². The van der Waals surface area contributed by atoms with Gasteiger partial charge in [-0.3, -0.25) is 9.59 Å². The Hall–Kier alpha value is -1.87. The summed E-state index contributed by atoms with van der Waals surface area (Å²) >= 11 is 0. The molecule has 8 nitrogen and oxygen atoms in total. The number of carbonyl (C=O) groups is 2. The second kappa shape index (κ2) is 6.72. The third kappa shape index (κ3) is 4.05. The molecule has 0 spiro atoms. The molecule has 0 saturated carbocycles. The molecule has 0 aliphatic heterocycles. The molecule has 0 radical (unpaired) electrons. The average molecular weight is 318 g/mol. The van der Waals surface area contributed by atoms with E-state index in [0.717, 1.165) is 21.5 Å². The fraction of sp³-hybridized carbons (Fsp3) is 0.500. The SMILES string of the molecule is CCCN(CC(=O)O)C(=O)c1coc(S(=O)(=O)N(C)C)c1. The number of amides is 1. The lowest BCUT2D eigenvalue weighted by atomic mass is 10.2. The van der Waals surface area contributed by atoms with Crippen molar-refractivity contribution in [3.05, 3.63) is 17.9 Å². The van der Waals surface area contributed by atoms with Crippen molar-refractivity contribution < 1.29 is 27.5 Å². The Bertz CT molecular complexity index is 619. The summed E-state index contributed by atoms with van der Waals surface area (Å²) in [6, 6.07) is 1.10. The van der Waals surface area contributed by atoms with E-state index < -0.39 is 28.4 Å². The third-order valence-corrected chi connectivity index (χ3v) is 4.35. The maximum absolute atomic E-state index is 12.2. The van der Waals surface area contributed by atoms with Crippen LogP contribution in [0, 0.1) is 0 Å². The zero-order chi connectivity index (χ0) is 16.2. The van der Waals surface area contributed by atoms with Crippen molar-refractivity contribution in [2.45, 2.75) is 18.4 Å². The van der Waals surface area contributed by atoms with Crippen LogP contribution >= 0.6 is 0 Å². The Kier molecular flexibility index (Phi) is 5.50. The highest BCUT2D eigenvalue weighted by Gasteiger charge is 2.25. The lowest BCUT2D eigenvalue weighted by molar-refractivity contribution is -0.137. The van der Waals surface area contributed by atoms with Crippen LogP contribution in [0.25, 0.3) is 0 Å². The van der Waals surface area contributed by atoms with Gasteiger partial charge in [-0.2, -0.15) is 0 Å². The number of nitrogens with zero attached hydrogens (tertiary/aromatic N) is 2. The number of aliphatic carboxylic acids is 1. The number of carbonyl (C=O) groups excluding carboxylic acids is 1. The molecule has 0 aliphatic carbocycles. The van der Waals surface area contributed by atoms with Crippen molar-refractivity contribution in [1.29, 1.82) is 0 Å². The standard InChI is InChI=1S/C12H18N2O6S/c1-4-5-14(7-10(15)16)12(17)9-6-11(20-8-9)21(18,19)13(2)3/h6,8H,4-5,7H2,1-3H3,(H,15,16). The van der Waals surface area contributed by atoms with E-state index in [1.807, 2.05) is 0 Å². The van der Waals surface area contributed by atoms with Crippen molar-refractivity contribution in [1.82, 2.24) is 9.21 Å². The summed E-state index contributed by atoms with van der Waals surface area (Å²) in [5.41, 5.74) is 0.00475. The van der Waals surface area contributed by atoms with Gasteiger partial charge in [0, 0.05) is 26.7 Å². The van der Waals surface area contributed by atoms with Crippen LogP contribution in [-0.4, -0.2) is 61.8 Å². The third-order valence-electron chi connectivity index (χ3n) is 2.66. The van der Waals surface area contributed by atoms with Crippen LogP contribution in [0.5, 0.6) is 0 Å². The van der Waals surface area contributed by atoms with Crippen LogP contribution in [0.15, 0.2) is 21.8 Å². The highest BCUT2D eigenvalue weighted by Crippen LogP contribution is 2.18. The van der Waals surface area contributed by atoms with Crippen LogP contribution in [0.3, 0.4) is 0 Å². The Balaban J connectivity index is 3.03. The highest BCUT2D eigenvalue weighted by molar-refractivity contribution is 7.88. The van der Waals surface area contributed by atoms with Gasteiger partial charge < -0.3 is 14.4 Å². The first-order valence-electron chi connectivity index (χ1n) is 6.22. The Morgan fingerprint density at radius 1 is 1.33 bits per heavy atom. The minimum Gasteiger partial charge on any atom is -0.480 e. The van der Waals surface area contributed by atoms with Crippen LogP contribution < -0.4 is 0 Å². The zero-order valence-corrected chi connectivity index (χ0v) is 12.9. The first kappa shape index (κ1) is 17.2. The van der Waals surface area contributed by atoms with Gasteiger partial charge in [-0.1, -0.05) is 6.92 Å². The van der Waals surface area contributed by atoms with Crippen molar-refractivity contribution in [3.63, 3.8) is 0 Å². The molecule has 1 amide bonds. The minimum atomic E-state index is -3.77. The first-order valence-corrected chi connectivity index (χ1v) is 7.66. The molecular weight excluding hydrogens is 300 g/mol. The van der Waals surface area contributed by atoms with Crippen molar-refractivity contribution in [2.75, 3.05) is 27.2 Å². The predicted octanol–water partition coefficient (Wildman–Crippen LogP) is 0.467. The minimum absolute atomic E-state index is 0.00475. The maximum Gasteiger partial charge on any atom is 0.323 e. The molecule has 0 saturated heterocycles. The summed E-state index contributed by atoms with van der Waals surface area (Å²) in [7, 11) is -1.09. The van der Waals surface area contributed by atoms with Crippen molar-refractivity contribution in [2.24, 2.45) is 0 Å². The normalized spacial score (nSPS) is 11.6. The van der Waals surface area contributed by atoms with Gasteiger partial charge >= 0.3 is 5.97 Å². The Morgan fingerprint density at radius 3 is 2.43 bits per heavy atom. The van der Waals surface area contributed by atoms with Crippen LogP contribution in [0.1, 0.15) is 23.7 Å². The molecule has 0 unspecified atom stereocenters. The fourth-order valence-electron chi connectivity index (χ4n) is 1.61. The Morgan fingerprint density at radius 2 is 1.95 bits per heavy atom. The number of hydrogen-bond acceptors (Lipinski definition) is 5. The zero-order valence-electron chi connectivity index (χ0n) is 12.1. The molecule has 0 bridgehead atoms. The van der Waals surface area contributed by atoms with Gasteiger partial charge in [-0.05, 0) is 6.42 Å². The average Bonchev–Trinajstić information content (AvgIpc) is 2.86. The molecule has 118 valence electrons. The molecule has 1 aromatic rings. The quantitative estimate of drug-likeness (QED) is 0.782. The highest BCUT2D eigenvalue weighted by atomic mass is 32.2. The second-order valence-electron chi connectivity index (χ2n) is 4.56. The number of furan rings is 1. The van der Waals surface area contributed by atoms with Crippen molar-refractivity contribution in [3.8, 4) is 0 Å². The monoisotopic (exact) mass is 318 g/mol. The lowest BCUT2D eigenvalue weighted by Gasteiger charge is -2.18. The molecule has 0 aliphatic rings. The van der Waals surface area contributed by atoms with Gasteiger partial charge in [0.25, 0.3) is 15.9 Å². The maximum atomic E-state index is 12.2. The fourth-order valence-corrected chi connectivity index (χ4v) is 2.42. The van der Waals surface area contributed by atoms with E-state index in [0.29, 0.717) is 6.42 Å². The van der Waals surface area contributed by atoms with E-state index in [-0.39, 0.29) is 17.2 Å². The summed E-state index contributed by atoms with van der Waals surface area (Å²) in [4.78, 5) is 24.1. The molecule has 0 fully saturated rings. The van der Waals surface area contributed by atoms with Gasteiger partial charge in [0.05, 0.1) is 5.56 Å². The summed E-state index contributed by atoms with van der Waals surface area (Å²) in [6.45, 7) is 1.61. The van der Waals surface area contributed by atoms with E-state index in [2.05, 4.69) is 0 Å². The largest absolute Gasteiger partial charge is 0.480 e. The molecule has 9 heteroatoms. The van der Waals surface area contributed by atoms with E-state index in [1.165, 1.54) is 14.1 Å². The van der Waals surface area contributed by atoms with Crippen LogP contribution in [-0.2, 0) is 14.8 Å². The van der Waals surface area contributed by atoms with Gasteiger partial charge in [0.2, 0.25) is 5.09 Å². The van der Waals surface area contributed by atoms with Gasteiger partial charge in [0.1, 0.15) is 12.8 Å². The number of hydrogen-bond donors (Lipinski definition) is 1. The molecule has 1 rings (SSSR count). The van der Waals surface area contributed by atoms with Gasteiger partial charge in [-0.15, -0.1) is 0 Å². The number of rotatable bonds is 7. The molecule has 1 N–H and O–H groups in total. The first-order chi connectivity index (χ1) is 9.70. The molecule has 0 aromatic carbocycles. The lowest BCUT2D eigenvalue weighted by Crippen LogP contribution is -2.36. The molecule has 0 atom stereocenters. The second-order valence-corrected chi connectivity index (χ2v) is 6.65. The van der Waals surface area contributed by atoms with Crippen molar-refractivity contribution >= 4 is 21.9 Å². The van der Waals surface area contributed by atoms with E-state index in [1.54, 1.807) is 6.92 Å². The van der Waals surface area contributed by atoms with Gasteiger partial charge in [-0.25, -0.2) is 12.7 Å². The smallest absolute Gasteiger partial charge is 0.323 e. The summed E-state index contributed by atoms with van der Waals surface area (Å²) in [6.07, 6.45) is 1.60. The van der Waals surface area contributed by atoms with Crippen LogP contribution in [0.4, 0.5) is 0 Å². The van der Waals surface area contributed by atoms with Gasteiger partial charge in [0.15, 0.2) is 0 Å². The summed E-state index contributed by atoms with van der Waals surface area (Å²) in [5, 5.41) is 8.44. The molecular formula is C12H18N2O6S. The molecule has 21 heavy (non-hydrogen) atoms. The summed E-state index contributed by atoms with van der Waals surface area (Å²) < 4.78 is 29.6. The van der Waals surface area contributed by atoms with E-state index in [4.69, 9.17) is 9.52 Å². The summed E-state index contributed by atoms with van der Waals surface area (Å²) in [5.74, 6) is -1.72. The van der Waals surface area contributed by atoms with E-state index >= 15 is 0 Å². The number of carboxylic acids is 1. The molecule has 1 heterocycles. The Labute approximate surface area is 123 Å². The topological polar surface area (TPSA) is 108 Å².